The van der Waals surface area contributed by atoms with Crippen molar-refractivity contribution >= 4 is 47.4 Å². The highest BCUT2D eigenvalue weighted by Gasteiger charge is 2.66. The highest BCUT2D eigenvalue weighted by atomic mass is 28.3. The molecule has 4 aromatic carbocycles. The third-order valence-electron chi connectivity index (χ3n) is 12.4. The lowest BCUT2D eigenvalue weighted by atomic mass is 9.82. The third-order valence-corrected chi connectivity index (χ3v) is 16.8. The van der Waals surface area contributed by atoms with Crippen molar-refractivity contribution in [2.45, 2.75) is 62.6 Å². The fourth-order valence-electron chi connectivity index (χ4n) is 9.52. The monoisotopic (exact) mass is 794 g/mol. The Morgan fingerprint density at radius 2 is 1.84 bits per heavy atom. The Bertz CT molecular complexity index is 2450. The molecule has 5 atom stereocenters. The van der Waals surface area contributed by atoms with Crippen molar-refractivity contribution in [3.05, 3.63) is 144 Å². The van der Waals surface area contributed by atoms with Crippen LogP contribution >= 0.6 is 0 Å². The minimum absolute atomic E-state index is 0.000929. The van der Waals surface area contributed by atoms with Gasteiger partial charge in [-0.15, -0.1) is 11.7 Å². The third kappa shape index (κ3) is 6.84. The number of carbonyl (C=O) groups excluding carboxylic acids is 2. The number of methoxy groups -OCH3 is 1. The van der Waals surface area contributed by atoms with Gasteiger partial charge in [-0.05, 0) is 59.5 Å². The molecule has 3 N–H and O–H groups in total. The second-order valence-electron chi connectivity index (χ2n) is 16.0. The highest BCUT2D eigenvalue weighted by Crippen LogP contribution is 2.60. The fourth-order valence-corrected chi connectivity index (χ4v) is 13.6. The Hall–Kier alpha value is -5.82. The SMILES string of the molecule is C=CCN1C(=O)[C@@]2(O[C@@H](CCn3cc(C(CO)c4ccccc4)nn3)[C@H]([Si](C)(C)c3ccc(OC)cc3)[C@H]2C)c2cc(NC(=O)Cc3c[nH]c4ccccc34)ccc21. The number of H-pyrrole nitrogens is 1. The molecule has 0 bridgehead atoms. The van der Waals surface area contributed by atoms with Gasteiger partial charge in [-0.1, -0.05) is 97.2 Å². The first-order valence-electron chi connectivity index (χ1n) is 19.9. The predicted molar refractivity (Wildman–Crippen MR) is 229 cm³/mol. The lowest BCUT2D eigenvalue weighted by Gasteiger charge is -2.37. The molecule has 2 aromatic heterocycles. The normalized spacial score (nSPS) is 20.7. The van der Waals surface area contributed by atoms with Gasteiger partial charge in [0.25, 0.3) is 5.91 Å². The van der Waals surface area contributed by atoms with Crippen LogP contribution in [-0.4, -0.2) is 71.3 Å². The molecule has 1 unspecified atom stereocenters. The quantitative estimate of drug-likeness (QED) is 0.0806. The summed E-state index contributed by atoms with van der Waals surface area (Å²) in [5.41, 5.74) is 4.36. The van der Waals surface area contributed by atoms with Crippen molar-refractivity contribution in [1.29, 1.82) is 0 Å². The van der Waals surface area contributed by atoms with E-state index in [0.29, 0.717) is 30.9 Å². The molecule has 1 saturated heterocycles. The van der Waals surface area contributed by atoms with Gasteiger partial charge in [-0.2, -0.15) is 0 Å². The van der Waals surface area contributed by atoms with Crippen LogP contribution in [-0.2, 0) is 32.9 Å². The summed E-state index contributed by atoms with van der Waals surface area (Å²) in [6, 6.07) is 31.8. The molecule has 1 spiro atoms. The lowest BCUT2D eigenvalue weighted by Crippen LogP contribution is -2.51. The number of aliphatic hydroxyl groups is 1. The van der Waals surface area contributed by atoms with Crippen LogP contribution in [0.2, 0.25) is 18.6 Å². The minimum atomic E-state index is -2.42. The maximum atomic E-state index is 15.0. The number of fused-ring (bicyclic) bond motifs is 3. The molecule has 0 saturated carbocycles. The topological polar surface area (TPSA) is 135 Å². The molecule has 58 heavy (non-hydrogen) atoms. The molecule has 6 aromatic rings. The average molecular weight is 795 g/mol. The van der Waals surface area contributed by atoms with Gasteiger partial charge in [0.2, 0.25) is 5.91 Å². The highest BCUT2D eigenvalue weighted by molar-refractivity contribution is 6.91. The summed E-state index contributed by atoms with van der Waals surface area (Å²) in [6.45, 7) is 11.6. The van der Waals surface area contributed by atoms with Gasteiger partial charge in [0.15, 0.2) is 5.60 Å². The molecule has 1 fully saturated rings. The molecular weight excluding hydrogens is 745 g/mol. The molecule has 2 aliphatic rings. The van der Waals surface area contributed by atoms with E-state index in [-0.39, 0.29) is 48.3 Å². The number of hydrogen-bond donors (Lipinski definition) is 3. The molecular formula is C46H50N6O5Si. The van der Waals surface area contributed by atoms with Crippen molar-refractivity contribution in [3.8, 4) is 5.75 Å². The van der Waals surface area contributed by atoms with E-state index in [9.17, 15) is 9.90 Å². The van der Waals surface area contributed by atoms with Crippen LogP contribution in [0.3, 0.4) is 0 Å². The Morgan fingerprint density at radius 3 is 2.59 bits per heavy atom. The summed E-state index contributed by atoms with van der Waals surface area (Å²) in [5.74, 6) is -0.0208. The first-order chi connectivity index (χ1) is 28.1. The van der Waals surface area contributed by atoms with Crippen LogP contribution in [0.25, 0.3) is 10.9 Å². The fraction of sp³-hybridized carbons (Fsp3) is 0.304. The zero-order chi connectivity index (χ0) is 40.6. The maximum Gasteiger partial charge on any atom is 0.264 e. The van der Waals surface area contributed by atoms with Crippen molar-refractivity contribution in [2.24, 2.45) is 5.92 Å². The Kier molecular flexibility index (Phi) is 10.7. The van der Waals surface area contributed by atoms with Gasteiger partial charge in [0.05, 0.1) is 51.6 Å². The second-order valence-corrected chi connectivity index (χ2v) is 20.7. The molecule has 2 aliphatic heterocycles. The molecule has 12 heteroatoms. The van der Waals surface area contributed by atoms with E-state index in [1.54, 1.807) is 18.1 Å². The van der Waals surface area contributed by atoms with Crippen LogP contribution in [0.1, 0.15) is 41.6 Å². The van der Waals surface area contributed by atoms with Gasteiger partial charge >= 0.3 is 0 Å². The smallest absolute Gasteiger partial charge is 0.264 e. The Morgan fingerprint density at radius 1 is 1.09 bits per heavy atom. The lowest BCUT2D eigenvalue weighted by molar-refractivity contribution is -0.145. The summed E-state index contributed by atoms with van der Waals surface area (Å²) < 4.78 is 14.7. The van der Waals surface area contributed by atoms with Crippen molar-refractivity contribution < 1.29 is 24.2 Å². The van der Waals surface area contributed by atoms with E-state index in [1.165, 1.54) is 5.19 Å². The van der Waals surface area contributed by atoms with Crippen molar-refractivity contribution in [1.82, 2.24) is 20.0 Å². The number of amides is 2. The van der Waals surface area contributed by atoms with Crippen molar-refractivity contribution in [3.63, 3.8) is 0 Å². The number of nitrogens with zero attached hydrogens (tertiary/aromatic N) is 4. The maximum absolute atomic E-state index is 15.0. The van der Waals surface area contributed by atoms with E-state index < -0.39 is 13.7 Å². The van der Waals surface area contributed by atoms with Gasteiger partial charge < -0.3 is 29.8 Å². The Labute approximate surface area is 339 Å². The molecule has 298 valence electrons. The molecule has 2 amide bonds. The number of benzene rings is 4. The first-order valence-corrected chi connectivity index (χ1v) is 23.0. The number of aryl methyl sites for hydroxylation is 1. The molecule has 8 rings (SSSR count). The van der Waals surface area contributed by atoms with Crippen LogP contribution in [0.5, 0.6) is 5.75 Å². The summed E-state index contributed by atoms with van der Waals surface area (Å²) >= 11 is 0. The van der Waals surface area contributed by atoms with E-state index in [0.717, 1.165) is 39.0 Å². The number of aliphatic hydroxyl groups excluding tert-OH is 1. The predicted octanol–water partition coefficient (Wildman–Crippen LogP) is 6.91. The Balaban J connectivity index is 1.14. The van der Waals surface area contributed by atoms with E-state index >= 15 is 4.79 Å². The number of carbonyl (C=O) groups is 2. The van der Waals surface area contributed by atoms with E-state index in [4.69, 9.17) is 9.47 Å². The first kappa shape index (κ1) is 39.0. The summed E-state index contributed by atoms with van der Waals surface area (Å²) in [7, 11) is -0.749. The van der Waals surface area contributed by atoms with Crippen LogP contribution in [0.15, 0.2) is 122 Å². The van der Waals surface area contributed by atoms with Gasteiger partial charge in [0, 0.05) is 53.6 Å². The zero-order valence-electron chi connectivity index (χ0n) is 33.4. The number of nitrogens with one attached hydrogen (secondary N) is 2. The number of aromatic nitrogens is 4. The number of aromatic amines is 1. The average Bonchev–Trinajstić information content (AvgIpc) is 4.00. The summed E-state index contributed by atoms with van der Waals surface area (Å²) in [4.78, 5) is 33.6. The number of hydrogen-bond acceptors (Lipinski definition) is 7. The second kappa shape index (κ2) is 15.8. The molecule has 4 heterocycles. The van der Waals surface area contributed by atoms with E-state index in [1.807, 2.05) is 102 Å². The van der Waals surface area contributed by atoms with Crippen molar-refractivity contribution in [2.75, 3.05) is 30.5 Å². The summed E-state index contributed by atoms with van der Waals surface area (Å²) in [5, 5.41) is 24.6. The van der Waals surface area contributed by atoms with Crippen LogP contribution in [0, 0.1) is 5.92 Å². The molecule has 0 radical (unpaired) electrons. The number of ether oxygens (including phenoxy) is 2. The summed E-state index contributed by atoms with van der Waals surface area (Å²) in [6.07, 6.45) is 5.96. The van der Waals surface area contributed by atoms with Gasteiger partial charge in [0.1, 0.15) is 5.75 Å². The number of anilines is 2. The zero-order valence-corrected chi connectivity index (χ0v) is 34.4. The minimum Gasteiger partial charge on any atom is -0.497 e. The number of para-hydroxylation sites is 1. The van der Waals surface area contributed by atoms with Gasteiger partial charge in [-0.25, -0.2) is 0 Å². The van der Waals surface area contributed by atoms with Gasteiger partial charge in [-0.3, -0.25) is 14.3 Å². The largest absolute Gasteiger partial charge is 0.497 e. The standard InChI is InChI=1S/C46H50N6O5Si/c1-6-23-52-41-21-16-33(48-43(54)25-32-27-47-39-15-11-10-14-36(32)39)26-38(41)46(45(52)55)30(2)44(58(4,5)35-19-17-34(56-3)18-20-35)42(57-46)22-24-51-28-40(49-50-51)37(29-53)31-12-8-7-9-13-31/h6-21,26-28,30,37,42,44,47,53H,1,22-25,29H2,2-5H3,(H,48,54)/t30-,37?,42+,44-,46+/m1/s1. The van der Waals surface area contributed by atoms with Crippen LogP contribution < -0.4 is 20.1 Å². The van der Waals surface area contributed by atoms with Crippen LogP contribution in [0.4, 0.5) is 11.4 Å². The molecule has 0 aliphatic carbocycles. The van der Waals surface area contributed by atoms with E-state index in [2.05, 4.69) is 59.3 Å². The molecule has 11 nitrogen and oxygen atoms in total. The number of rotatable bonds is 14.